The number of hydrogen-bond donors (Lipinski definition) is 1. The summed E-state index contributed by atoms with van der Waals surface area (Å²) in [5.74, 6) is -0.0609. The van der Waals surface area contributed by atoms with Crippen molar-refractivity contribution >= 4 is 32.7 Å². The first kappa shape index (κ1) is 10.2. The van der Waals surface area contributed by atoms with Crippen molar-refractivity contribution in [3.05, 3.63) is 34.4 Å². The van der Waals surface area contributed by atoms with Gasteiger partial charge in [0.05, 0.1) is 0 Å². The number of nitrogens with one attached hydrogen (secondary N) is 1. The van der Waals surface area contributed by atoms with Crippen molar-refractivity contribution in [2.45, 2.75) is 0 Å². The molecule has 0 atom stereocenters. The van der Waals surface area contributed by atoms with E-state index in [0.717, 1.165) is 15.4 Å². The lowest BCUT2D eigenvalue weighted by Gasteiger charge is -2.01. The molecule has 1 heterocycles. The Morgan fingerprint density at radius 1 is 1.47 bits per heavy atom. The minimum atomic E-state index is -0.0609. The molecule has 0 spiro atoms. The third kappa shape index (κ3) is 1.65. The summed E-state index contributed by atoms with van der Waals surface area (Å²) in [6.45, 7) is 0. The van der Waals surface area contributed by atoms with Gasteiger partial charge in [0.25, 0.3) is 5.91 Å². The second-order valence-corrected chi connectivity index (χ2v) is 4.25. The van der Waals surface area contributed by atoms with E-state index in [1.54, 1.807) is 7.05 Å². The van der Waals surface area contributed by atoms with E-state index in [0.29, 0.717) is 5.56 Å². The average Bonchev–Trinajstić information content (AvgIpc) is 2.53. The van der Waals surface area contributed by atoms with Gasteiger partial charge < -0.3 is 9.88 Å². The first-order valence-corrected chi connectivity index (χ1v) is 5.39. The Morgan fingerprint density at radius 3 is 2.87 bits per heavy atom. The monoisotopic (exact) mass is 266 g/mol. The van der Waals surface area contributed by atoms with E-state index >= 15 is 0 Å². The van der Waals surface area contributed by atoms with Gasteiger partial charge in [0.1, 0.15) is 0 Å². The number of carbonyl (C=O) groups excluding carboxylic acids is 1. The largest absolute Gasteiger partial charge is 0.355 e. The lowest BCUT2D eigenvalue weighted by Crippen LogP contribution is -2.17. The zero-order valence-electron chi connectivity index (χ0n) is 8.54. The van der Waals surface area contributed by atoms with Crippen LogP contribution in [0.3, 0.4) is 0 Å². The van der Waals surface area contributed by atoms with Gasteiger partial charge in [-0.1, -0.05) is 6.07 Å². The smallest absolute Gasteiger partial charge is 0.251 e. The molecule has 4 heteroatoms. The van der Waals surface area contributed by atoms with Crippen molar-refractivity contribution in [1.29, 1.82) is 0 Å². The van der Waals surface area contributed by atoms with Crippen LogP contribution in [0.5, 0.6) is 0 Å². The highest BCUT2D eigenvalue weighted by molar-refractivity contribution is 9.10. The van der Waals surface area contributed by atoms with Crippen molar-refractivity contribution in [2.75, 3.05) is 7.05 Å². The van der Waals surface area contributed by atoms with Crippen molar-refractivity contribution < 1.29 is 4.79 Å². The highest BCUT2D eigenvalue weighted by Gasteiger charge is 2.08. The SMILES string of the molecule is CNC(=O)c1ccc2c(Br)cn(C)c2c1. The molecule has 0 aliphatic rings. The van der Waals surface area contributed by atoms with Crippen LogP contribution in [0.1, 0.15) is 10.4 Å². The molecule has 0 unspecified atom stereocenters. The molecule has 2 aromatic rings. The van der Waals surface area contributed by atoms with Gasteiger partial charge in [-0.2, -0.15) is 0 Å². The number of aromatic nitrogens is 1. The third-order valence-electron chi connectivity index (χ3n) is 2.43. The Morgan fingerprint density at radius 2 is 2.20 bits per heavy atom. The lowest BCUT2D eigenvalue weighted by molar-refractivity contribution is 0.0963. The van der Waals surface area contributed by atoms with Gasteiger partial charge in [0.2, 0.25) is 0 Å². The minimum absolute atomic E-state index is 0.0609. The number of benzene rings is 1. The second kappa shape index (κ2) is 3.70. The fourth-order valence-corrected chi connectivity index (χ4v) is 2.26. The van der Waals surface area contributed by atoms with Crippen molar-refractivity contribution in [3.8, 4) is 0 Å². The van der Waals surface area contributed by atoms with Gasteiger partial charge in [0.15, 0.2) is 0 Å². The molecule has 2 rings (SSSR count). The summed E-state index contributed by atoms with van der Waals surface area (Å²) in [6, 6.07) is 5.66. The van der Waals surface area contributed by atoms with Gasteiger partial charge in [-0.15, -0.1) is 0 Å². The summed E-state index contributed by atoms with van der Waals surface area (Å²) in [4.78, 5) is 11.4. The summed E-state index contributed by atoms with van der Waals surface area (Å²) in [5, 5.41) is 3.73. The van der Waals surface area contributed by atoms with Crippen LogP contribution < -0.4 is 5.32 Å². The number of hydrogen-bond acceptors (Lipinski definition) is 1. The third-order valence-corrected chi connectivity index (χ3v) is 3.06. The van der Waals surface area contributed by atoms with Crippen molar-refractivity contribution in [1.82, 2.24) is 9.88 Å². The molecule has 0 saturated carbocycles. The number of carbonyl (C=O) groups is 1. The number of rotatable bonds is 1. The van der Waals surface area contributed by atoms with Gasteiger partial charge in [-0.3, -0.25) is 4.79 Å². The number of halogens is 1. The fraction of sp³-hybridized carbons (Fsp3) is 0.182. The van der Waals surface area contributed by atoms with Gasteiger partial charge in [0, 0.05) is 41.2 Å². The first-order valence-electron chi connectivity index (χ1n) is 4.60. The zero-order chi connectivity index (χ0) is 11.0. The van der Waals surface area contributed by atoms with Crippen LogP contribution in [0.2, 0.25) is 0 Å². The van der Waals surface area contributed by atoms with E-state index in [2.05, 4.69) is 21.2 Å². The molecule has 15 heavy (non-hydrogen) atoms. The summed E-state index contributed by atoms with van der Waals surface area (Å²) in [5.41, 5.74) is 1.72. The first-order chi connectivity index (χ1) is 7.13. The Hall–Kier alpha value is -1.29. The number of amides is 1. The second-order valence-electron chi connectivity index (χ2n) is 3.40. The van der Waals surface area contributed by atoms with Crippen molar-refractivity contribution in [2.24, 2.45) is 7.05 Å². The summed E-state index contributed by atoms with van der Waals surface area (Å²) in [6.07, 6.45) is 1.98. The van der Waals surface area contributed by atoms with Crippen LogP contribution in [-0.2, 0) is 7.05 Å². The predicted molar refractivity (Wildman–Crippen MR) is 64.0 cm³/mol. The molecule has 0 aliphatic heterocycles. The molecule has 0 saturated heterocycles. The quantitative estimate of drug-likeness (QED) is 0.845. The summed E-state index contributed by atoms with van der Waals surface area (Å²) >= 11 is 3.47. The van der Waals surface area contributed by atoms with Crippen LogP contribution in [0.15, 0.2) is 28.9 Å². The molecule has 1 aromatic heterocycles. The van der Waals surface area contributed by atoms with Crippen LogP contribution in [0.4, 0.5) is 0 Å². The van der Waals surface area contributed by atoms with E-state index in [9.17, 15) is 4.79 Å². The van der Waals surface area contributed by atoms with Gasteiger partial charge in [-0.25, -0.2) is 0 Å². The molecule has 0 fully saturated rings. The molecular weight excluding hydrogens is 256 g/mol. The minimum Gasteiger partial charge on any atom is -0.355 e. The summed E-state index contributed by atoms with van der Waals surface area (Å²) in [7, 11) is 3.59. The van der Waals surface area contributed by atoms with E-state index in [4.69, 9.17) is 0 Å². The molecule has 0 aliphatic carbocycles. The number of aryl methyl sites for hydroxylation is 1. The fourth-order valence-electron chi connectivity index (χ4n) is 1.62. The van der Waals surface area contributed by atoms with E-state index < -0.39 is 0 Å². The standard InChI is InChI=1S/C11H11BrN2O/c1-13-11(15)7-3-4-8-9(12)6-14(2)10(8)5-7/h3-6H,1-2H3,(H,13,15). The molecule has 0 bridgehead atoms. The Bertz CT molecular complexity index is 531. The Balaban J connectivity index is 2.65. The summed E-state index contributed by atoms with van der Waals surface area (Å²) < 4.78 is 3.04. The number of fused-ring (bicyclic) bond motifs is 1. The van der Waals surface area contributed by atoms with Crippen LogP contribution >= 0.6 is 15.9 Å². The molecule has 1 aromatic carbocycles. The van der Waals surface area contributed by atoms with E-state index in [1.807, 2.05) is 36.0 Å². The normalized spacial score (nSPS) is 10.6. The lowest BCUT2D eigenvalue weighted by atomic mass is 10.1. The van der Waals surface area contributed by atoms with Crippen LogP contribution in [0, 0.1) is 0 Å². The zero-order valence-corrected chi connectivity index (χ0v) is 10.1. The van der Waals surface area contributed by atoms with Gasteiger partial charge >= 0.3 is 0 Å². The van der Waals surface area contributed by atoms with E-state index in [1.165, 1.54) is 0 Å². The molecule has 3 nitrogen and oxygen atoms in total. The molecule has 78 valence electrons. The van der Waals surface area contributed by atoms with E-state index in [-0.39, 0.29) is 5.91 Å². The highest BCUT2D eigenvalue weighted by Crippen LogP contribution is 2.26. The average molecular weight is 267 g/mol. The van der Waals surface area contributed by atoms with Crippen LogP contribution in [0.25, 0.3) is 10.9 Å². The molecule has 1 N–H and O–H groups in total. The maximum absolute atomic E-state index is 11.4. The number of nitrogens with zero attached hydrogens (tertiary/aromatic N) is 1. The highest BCUT2D eigenvalue weighted by atomic mass is 79.9. The molecule has 0 radical (unpaired) electrons. The predicted octanol–water partition coefficient (Wildman–Crippen LogP) is 2.30. The van der Waals surface area contributed by atoms with Crippen molar-refractivity contribution in [3.63, 3.8) is 0 Å². The molecule has 1 amide bonds. The maximum Gasteiger partial charge on any atom is 0.251 e. The maximum atomic E-state index is 11.4. The van der Waals surface area contributed by atoms with Crippen LogP contribution in [-0.4, -0.2) is 17.5 Å². The Labute approximate surface area is 96.2 Å². The topological polar surface area (TPSA) is 34.0 Å². The van der Waals surface area contributed by atoms with Gasteiger partial charge in [-0.05, 0) is 28.1 Å². The molecular formula is C11H11BrN2O. The Kier molecular flexibility index (Phi) is 2.52.